The van der Waals surface area contributed by atoms with Gasteiger partial charge in [-0.1, -0.05) is 43.6 Å². The van der Waals surface area contributed by atoms with E-state index < -0.39 is 15.4 Å². The molecule has 0 saturated carbocycles. The minimum atomic E-state index is -3.73. The molecule has 0 bridgehead atoms. The Balaban J connectivity index is 1.36. The molecule has 0 radical (unpaired) electrons. The van der Waals surface area contributed by atoms with Crippen LogP contribution in [0.5, 0.6) is 0 Å². The molecule has 2 aliphatic heterocycles. The van der Waals surface area contributed by atoms with Crippen LogP contribution in [0.4, 0.5) is 11.4 Å². The van der Waals surface area contributed by atoms with Crippen molar-refractivity contribution in [3.05, 3.63) is 53.6 Å². The molecule has 4 rings (SSSR count). The zero-order valence-electron chi connectivity index (χ0n) is 18.2. The number of para-hydroxylation sites is 1. The SMILES string of the molecule is CC(C)(CC(=O)N1CCN(c2cccc(Cl)c2)CC1)CC1=NS(=O)(=O)c2ccccc2N1. The van der Waals surface area contributed by atoms with Gasteiger partial charge in [-0.3, -0.25) is 4.79 Å². The van der Waals surface area contributed by atoms with Crippen molar-refractivity contribution in [1.82, 2.24) is 4.90 Å². The number of halogens is 1. The number of amides is 1. The van der Waals surface area contributed by atoms with E-state index in [4.69, 9.17) is 11.6 Å². The second kappa shape index (κ2) is 8.75. The quantitative estimate of drug-likeness (QED) is 0.708. The third kappa shape index (κ3) is 5.07. The van der Waals surface area contributed by atoms with E-state index in [1.807, 2.05) is 43.0 Å². The van der Waals surface area contributed by atoms with Crippen LogP contribution < -0.4 is 10.2 Å². The van der Waals surface area contributed by atoms with Crippen molar-refractivity contribution in [3.8, 4) is 0 Å². The molecule has 32 heavy (non-hydrogen) atoms. The van der Waals surface area contributed by atoms with Crippen LogP contribution in [0.1, 0.15) is 26.7 Å². The van der Waals surface area contributed by atoms with Gasteiger partial charge in [-0.05, 0) is 35.7 Å². The Morgan fingerprint density at radius 3 is 2.53 bits per heavy atom. The minimum Gasteiger partial charge on any atom is -0.368 e. The Kier molecular flexibility index (Phi) is 6.18. The van der Waals surface area contributed by atoms with Gasteiger partial charge in [-0.15, -0.1) is 4.40 Å². The summed E-state index contributed by atoms with van der Waals surface area (Å²) in [5, 5.41) is 3.82. The maximum Gasteiger partial charge on any atom is 0.286 e. The second-order valence-corrected chi connectivity index (χ2v) is 11.0. The van der Waals surface area contributed by atoms with Gasteiger partial charge in [0.05, 0.1) is 5.69 Å². The Morgan fingerprint density at radius 2 is 1.81 bits per heavy atom. The smallest absolute Gasteiger partial charge is 0.286 e. The van der Waals surface area contributed by atoms with Gasteiger partial charge in [0.15, 0.2) is 0 Å². The van der Waals surface area contributed by atoms with Crippen molar-refractivity contribution in [2.24, 2.45) is 9.81 Å². The number of hydrogen-bond acceptors (Lipinski definition) is 5. The van der Waals surface area contributed by atoms with E-state index >= 15 is 0 Å². The first-order valence-corrected chi connectivity index (χ1v) is 12.4. The molecule has 1 N–H and O–H groups in total. The van der Waals surface area contributed by atoms with Crippen LogP contribution in [-0.2, 0) is 14.8 Å². The van der Waals surface area contributed by atoms with E-state index in [2.05, 4.69) is 14.6 Å². The Morgan fingerprint density at radius 1 is 1.09 bits per heavy atom. The molecule has 2 aromatic rings. The summed E-state index contributed by atoms with van der Waals surface area (Å²) in [6, 6.07) is 14.5. The third-order valence-corrected chi connectivity index (χ3v) is 7.36. The van der Waals surface area contributed by atoms with Crippen molar-refractivity contribution < 1.29 is 13.2 Å². The molecule has 0 aliphatic carbocycles. The molecule has 0 spiro atoms. The number of carbonyl (C=O) groups is 1. The highest BCUT2D eigenvalue weighted by molar-refractivity contribution is 7.90. The molecule has 0 unspecified atom stereocenters. The number of piperazine rings is 1. The molecule has 2 aliphatic rings. The molecule has 1 fully saturated rings. The van der Waals surface area contributed by atoms with E-state index in [9.17, 15) is 13.2 Å². The highest BCUT2D eigenvalue weighted by Gasteiger charge is 2.32. The summed E-state index contributed by atoms with van der Waals surface area (Å²) in [7, 11) is -3.73. The van der Waals surface area contributed by atoms with E-state index in [1.165, 1.54) is 6.07 Å². The molecule has 2 aromatic carbocycles. The number of hydrogen-bond donors (Lipinski definition) is 1. The van der Waals surface area contributed by atoms with Crippen molar-refractivity contribution >= 4 is 44.7 Å². The molecule has 1 saturated heterocycles. The highest BCUT2D eigenvalue weighted by Crippen LogP contribution is 2.32. The number of anilines is 2. The largest absolute Gasteiger partial charge is 0.368 e. The van der Waals surface area contributed by atoms with Crippen LogP contribution in [0.25, 0.3) is 0 Å². The van der Waals surface area contributed by atoms with E-state index in [0.717, 1.165) is 18.8 Å². The van der Waals surface area contributed by atoms with Gasteiger partial charge in [0, 0.05) is 49.7 Å². The molecular formula is C23H27ClN4O3S. The van der Waals surface area contributed by atoms with E-state index in [1.54, 1.807) is 18.2 Å². The molecule has 170 valence electrons. The van der Waals surface area contributed by atoms with Gasteiger partial charge < -0.3 is 15.1 Å². The lowest BCUT2D eigenvalue weighted by Crippen LogP contribution is -2.49. The fraction of sp³-hybridized carbons (Fsp3) is 0.391. The van der Waals surface area contributed by atoms with Gasteiger partial charge in [0.25, 0.3) is 10.0 Å². The van der Waals surface area contributed by atoms with E-state index in [0.29, 0.717) is 42.5 Å². The average Bonchev–Trinajstić information content (AvgIpc) is 2.72. The molecule has 2 heterocycles. The van der Waals surface area contributed by atoms with Crippen molar-refractivity contribution in [3.63, 3.8) is 0 Å². The van der Waals surface area contributed by atoms with Crippen LogP contribution in [-0.4, -0.2) is 51.2 Å². The predicted octanol–water partition coefficient (Wildman–Crippen LogP) is 4.01. The molecular weight excluding hydrogens is 448 g/mol. The summed E-state index contributed by atoms with van der Waals surface area (Å²) in [5.74, 6) is 0.438. The lowest BCUT2D eigenvalue weighted by atomic mass is 9.84. The summed E-state index contributed by atoms with van der Waals surface area (Å²) in [6.45, 7) is 6.70. The molecule has 9 heteroatoms. The van der Waals surface area contributed by atoms with E-state index in [-0.39, 0.29) is 10.8 Å². The maximum atomic E-state index is 13.0. The van der Waals surface area contributed by atoms with Crippen molar-refractivity contribution in [1.29, 1.82) is 0 Å². The molecule has 0 aromatic heterocycles. The molecule has 0 atom stereocenters. The van der Waals surface area contributed by atoms with Crippen LogP contribution in [0.15, 0.2) is 57.8 Å². The monoisotopic (exact) mass is 474 g/mol. The first kappa shape index (κ1) is 22.6. The van der Waals surface area contributed by atoms with Gasteiger partial charge in [-0.2, -0.15) is 8.42 Å². The number of nitrogens with one attached hydrogen (secondary N) is 1. The zero-order chi connectivity index (χ0) is 22.9. The summed E-state index contributed by atoms with van der Waals surface area (Å²) in [6.07, 6.45) is 0.668. The van der Waals surface area contributed by atoms with Gasteiger partial charge in [0.1, 0.15) is 10.7 Å². The van der Waals surface area contributed by atoms with Crippen molar-refractivity contribution in [2.45, 2.75) is 31.6 Å². The molecule has 1 amide bonds. The van der Waals surface area contributed by atoms with Gasteiger partial charge >= 0.3 is 0 Å². The standard InChI is InChI=1S/C23H27ClN4O3S/c1-23(2,15-21-25-19-8-3-4-9-20(19)32(30,31)26-21)16-22(29)28-12-10-27(11-13-28)18-7-5-6-17(24)14-18/h3-9,14H,10-13,15-16H2,1-2H3,(H,25,26). The summed E-state index contributed by atoms with van der Waals surface area (Å²) in [5.41, 5.74) is 1.14. The van der Waals surface area contributed by atoms with Gasteiger partial charge in [0.2, 0.25) is 5.91 Å². The average molecular weight is 475 g/mol. The first-order valence-electron chi connectivity index (χ1n) is 10.6. The third-order valence-electron chi connectivity index (χ3n) is 5.76. The first-order chi connectivity index (χ1) is 15.1. The number of carbonyl (C=O) groups excluding carboxylic acids is 1. The van der Waals surface area contributed by atoms with Crippen LogP contribution in [0, 0.1) is 5.41 Å². The lowest BCUT2D eigenvalue weighted by Gasteiger charge is -2.37. The lowest BCUT2D eigenvalue weighted by molar-refractivity contribution is -0.133. The number of nitrogens with zero attached hydrogens (tertiary/aromatic N) is 3. The number of sulfonamides is 1. The number of fused-ring (bicyclic) bond motifs is 1. The Labute approximate surface area is 194 Å². The fourth-order valence-corrected chi connectivity index (χ4v) is 5.50. The Bertz CT molecular complexity index is 1160. The minimum absolute atomic E-state index is 0.0698. The number of rotatable bonds is 5. The van der Waals surface area contributed by atoms with Gasteiger partial charge in [-0.25, -0.2) is 0 Å². The van der Waals surface area contributed by atoms with Crippen LogP contribution in [0.2, 0.25) is 5.02 Å². The topological polar surface area (TPSA) is 82.1 Å². The normalized spacial score (nSPS) is 17.9. The molecule has 7 nitrogen and oxygen atoms in total. The summed E-state index contributed by atoms with van der Waals surface area (Å²) in [4.78, 5) is 17.3. The highest BCUT2D eigenvalue weighted by atomic mass is 35.5. The number of amidine groups is 1. The predicted molar refractivity (Wildman–Crippen MR) is 128 cm³/mol. The zero-order valence-corrected chi connectivity index (χ0v) is 19.8. The summed E-state index contributed by atoms with van der Waals surface area (Å²) < 4.78 is 28.9. The number of benzene rings is 2. The maximum absolute atomic E-state index is 13.0. The van der Waals surface area contributed by atoms with Crippen LogP contribution in [0.3, 0.4) is 0 Å². The fourth-order valence-electron chi connectivity index (χ4n) is 4.17. The van der Waals surface area contributed by atoms with Crippen LogP contribution >= 0.6 is 11.6 Å². The van der Waals surface area contributed by atoms with Crippen molar-refractivity contribution in [2.75, 3.05) is 36.4 Å². The Hall–Kier alpha value is -2.58. The second-order valence-electron chi connectivity index (χ2n) is 9.00. The summed E-state index contributed by atoms with van der Waals surface area (Å²) >= 11 is 6.10.